The van der Waals surface area contributed by atoms with Gasteiger partial charge in [-0.2, -0.15) is 0 Å². The maximum absolute atomic E-state index is 12.5. The van der Waals surface area contributed by atoms with Crippen molar-refractivity contribution in [2.75, 3.05) is 13.7 Å². The third kappa shape index (κ3) is 3.62. The topological polar surface area (TPSA) is 72.9 Å². The number of aryl methyl sites for hydroxylation is 1. The SMILES string of the molecule is CCOC(=O)[C@@H](C)N1C(=O)S/C(=C\c2ccc(OC)cc2C)C1=O. The summed E-state index contributed by atoms with van der Waals surface area (Å²) >= 11 is 0.819. The van der Waals surface area contributed by atoms with Crippen molar-refractivity contribution < 1.29 is 23.9 Å². The molecule has 6 nitrogen and oxygen atoms in total. The number of rotatable bonds is 5. The average molecular weight is 349 g/mol. The van der Waals surface area contributed by atoms with E-state index in [0.29, 0.717) is 5.75 Å². The summed E-state index contributed by atoms with van der Waals surface area (Å²) in [6.07, 6.45) is 1.65. The number of amides is 2. The van der Waals surface area contributed by atoms with Gasteiger partial charge in [0.2, 0.25) is 0 Å². The number of carbonyl (C=O) groups is 3. The van der Waals surface area contributed by atoms with Crippen LogP contribution in [-0.4, -0.2) is 41.8 Å². The van der Waals surface area contributed by atoms with Gasteiger partial charge in [0, 0.05) is 0 Å². The highest BCUT2D eigenvalue weighted by Crippen LogP contribution is 2.34. The van der Waals surface area contributed by atoms with Crippen LogP contribution in [-0.2, 0) is 14.3 Å². The van der Waals surface area contributed by atoms with Crippen molar-refractivity contribution >= 4 is 35.0 Å². The van der Waals surface area contributed by atoms with Crippen LogP contribution >= 0.6 is 11.8 Å². The molecule has 2 rings (SSSR count). The standard InChI is InChI=1S/C17H19NO5S/c1-5-23-16(20)11(3)18-15(19)14(24-17(18)21)9-12-6-7-13(22-4)8-10(12)2/h6-9,11H,5H2,1-4H3/b14-9-/t11-/m1/s1. The summed E-state index contributed by atoms with van der Waals surface area (Å²) in [5, 5.41) is -0.474. The molecule has 1 atom stereocenters. The molecular formula is C17H19NO5S. The van der Waals surface area contributed by atoms with Gasteiger partial charge in [-0.15, -0.1) is 0 Å². The first-order valence-corrected chi connectivity index (χ1v) is 8.29. The zero-order valence-electron chi connectivity index (χ0n) is 14.0. The zero-order valence-corrected chi connectivity index (χ0v) is 14.8. The highest BCUT2D eigenvalue weighted by Gasteiger charge is 2.41. The Hall–Kier alpha value is -2.28. The fourth-order valence-electron chi connectivity index (χ4n) is 2.26. The molecule has 0 radical (unpaired) electrons. The maximum atomic E-state index is 12.5. The molecular weight excluding hydrogens is 330 g/mol. The number of thioether (sulfide) groups is 1. The molecule has 128 valence electrons. The van der Waals surface area contributed by atoms with Crippen molar-refractivity contribution in [3.05, 3.63) is 34.2 Å². The number of nitrogens with zero attached hydrogens (tertiary/aromatic N) is 1. The van der Waals surface area contributed by atoms with E-state index in [4.69, 9.17) is 9.47 Å². The van der Waals surface area contributed by atoms with Gasteiger partial charge in [-0.3, -0.25) is 14.5 Å². The lowest BCUT2D eigenvalue weighted by Crippen LogP contribution is -2.42. The summed E-state index contributed by atoms with van der Waals surface area (Å²) in [7, 11) is 1.58. The molecule has 0 unspecified atom stereocenters. The number of hydrogen-bond donors (Lipinski definition) is 0. The van der Waals surface area contributed by atoms with Gasteiger partial charge in [0.15, 0.2) is 0 Å². The Balaban J connectivity index is 2.26. The molecule has 1 heterocycles. The van der Waals surface area contributed by atoms with E-state index in [0.717, 1.165) is 27.8 Å². The van der Waals surface area contributed by atoms with E-state index in [1.165, 1.54) is 6.92 Å². The van der Waals surface area contributed by atoms with E-state index in [1.54, 1.807) is 26.2 Å². The number of esters is 1. The Labute approximate surface area is 144 Å². The zero-order chi connectivity index (χ0) is 17.9. The van der Waals surface area contributed by atoms with E-state index in [-0.39, 0.29) is 11.5 Å². The van der Waals surface area contributed by atoms with Crippen molar-refractivity contribution in [3.8, 4) is 5.75 Å². The van der Waals surface area contributed by atoms with Crippen LogP contribution in [0.15, 0.2) is 23.1 Å². The Bertz CT molecular complexity index is 713. The molecule has 7 heteroatoms. The van der Waals surface area contributed by atoms with E-state index in [9.17, 15) is 14.4 Å². The predicted molar refractivity (Wildman–Crippen MR) is 91.6 cm³/mol. The van der Waals surface area contributed by atoms with E-state index in [1.807, 2.05) is 19.1 Å². The number of ether oxygens (including phenoxy) is 2. The first-order chi connectivity index (χ1) is 11.4. The number of methoxy groups -OCH3 is 1. The van der Waals surface area contributed by atoms with Gasteiger partial charge in [-0.05, 0) is 61.9 Å². The van der Waals surface area contributed by atoms with Crippen LogP contribution in [0.2, 0.25) is 0 Å². The van der Waals surface area contributed by atoms with Gasteiger partial charge in [0.05, 0.1) is 18.6 Å². The fourth-order valence-corrected chi connectivity index (χ4v) is 3.16. The second-order valence-corrected chi connectivity index (χ2v) is 6.20. The molecule has 0 saturated carbocycles. The second-order valence-electron chi connectivity index (χ2n) is 5.20. The molecule has 24 heavy (non-hydrogen) atoms. The first kappa shape index (κ1) is 18.1. The molecule has 1 aromatic rings. The van der Waals surface area contributed by atoms with Crippen LogP contribution in [0, 0.1) is 6.92 Å². The average Bonchev–Trinajstić information content (AvgIpc) is 2.82. The van der Waals surface area contributed by atoms with E-state index < -0.39 is 23.2 Å². The Morgan fingerprint density at radius 1 is 1.38 bits per heavy atom. The lowest BCUT2D eigenvalue weighted by molar-refractivity contribution is -0.150. The first-order valence-electron chi connectivity index (χ1n) is 7.47. The molecule has 1 fully saturated rings. The van der Waals surface area contributed by atoms with E-state index in [2.05, 4.69) is 0 Å². The van der Waals surface area contributed by atoms with Crippen LogP contribution in [0.5, 0.6) is 5.75 Å². The van der Waals surface area contributed by atoms with Crippen molar-refractivity contribution in [3.63, 3.8) is 0 Å². The van der Waals surface area contributed by atoms with Crippen LogP contribution in [0.3, 0.4) is 0 Å². The molecule has 1 aromatic carbocycles. The number of benzene rings is 1. The highest BCUT2D eigenvalue weighted by atomic mass is 32.2. The second kappa shape index (κ2) is 7.53. The van der Waals surface area contributed by atoms with Crippen molar-refractivity contribution in [1.29, 1.82) is 0 Å². The maximum Gasteiger partial charge on any atom is 0.329 e. The van der Waals surface area contributed by atoms with Gasteiger partial charge in [-0.25, -0.2) is 4.79 Å². The molecule has 0 aliphatic carbocycles. The van der Waals surface area contributed by atoms with Crippen LogP contribution in [0.4, 0.5) is 4.79 Å². The molecule has 2 amide bonds. The largest absolute Gasteiger partial charge is 0.497 e. The van der Waals surface area contributed by atoms with Gasteiger partial charge in [0.1, 0.15) is 11.8 Å². The Morgan fingerprint density at radius 2 is 2.08 bits per heavy atom. The van der Waals surface area contributed by atoms with E-state index >= 15 is 0 Å². The summed E-state index contributed by atoms with van der Waals surface area (Å²) in [6.45, 7) is 5.24. The lowest BCUT2D eigenvalue weighted by Gasteiger charge is -2.19. The minimum atomic E-state index is -0.944. The molecule has 1 saturated heterocycles. The third-order valence-corrected chi connectivity index (χ3v) is 4.49. The smallest absolute Gasteiger partial charge is 0.329 e. The van der Waals surface area contributed by atoms with Crippen molar-refractivity contribution in [1.82, 2.24) is 4.90 Å². The number of carbonyl (C=O) groups excluding carboxylic acids is 3. The normalized spacial score (nSPS) is 17.3. The van der Waals surface area contributed by atoms with Gasteiger partial charge >= 0.3 is 5.97 Å². The van der Waals surface area contributed by atoms with Gasteiger partial charge in [-0.1, -0.05) is 6.07 Å². The number of hydrogen-bond acceptors (Lipinski definition) is 6. The summed E-state index contributed by atoms with van der Waals surface area (Å²) in [5.74, 6) is -0.365. The molecule has 0 bridgehead atoms. The molecule has 0 N–H and O–H groups in total. The van der Waals surface area contributed by atoms with Crippen molar-refractivity contribution in [2.45, 2.75) is 26.8 Å². The minimum Gasteiger partial charge on any atom is -0.497 e. The molecule has 1 aliphatic rings. The number of imide groups is 1. The van der Waals surface area contributed by atoms with Crippen molar-refractivity contribution in [2.24, 2.45) is 0 Å². The quantitative estimate of drug-likeness (QED) is 0.601. The molecule has 0 spiro atoms. The van der Waals surface area contributed by atoms with Crippen LogP contribution in [0.25, 0.3) is 6.08 Å². The monoisotopic (exact) mass is 349 g/mol. The third-order valence-electron chi connectivity index (χ3n) is 3.60. The van der Waals surface area contributed by atoms with Gasteiger partial charge in [0.25, 0.3) is 11.1 Å². The minimum absolute atomic E-state index is 0.195. The predicted octanol–water partition coefficient (Wildman–Crippen LogP) is 2.99. The molecule has 1 aliphatic heterocycles. The molecule has 0 aromatic heterocycles. The highest BCUT2D eigenvalue weighted by molar-refractivity contribution is 8.18. The summed E-state index contributed by atoms with van der Waals surface area (Å²) in [4.78, 5) is 37.6. The van der Waals surface area contributed by atoms with Crippen LogP contribution in [0.1, 0.15) is 25.0 Å². The van der Waals surface area contributed by atoms with Gasteiger partial charge < -0.3 is 9.47 Å². The summed E-state index contributed by atoms with van der Waals surface area (Å²) < 4.78 is 10.0. The summed E-state index contributed by atoms with van der Waals surface area (Å²) in [5.41, 5.74) is 1.73. The van der Waals surface area contributed by atoms with Crippen LogP contribution < -0.4 is 4.74 Å². The fraction of sp³-hybridized carbons (Fsp3) is 0.353. The Kier molecular flexibility index (Phi) is 5.66. The Morgan fingerprint density at radius 3 is 2.67 bits per heavy atom. The lowest BCUT2D eigenvalue weighted by atomic mass is 10.1. The summed E-state index contributed by atoms with van der Waals surface area (Å²) in [6, 6.07) is 4.50.